The van der Waals surface area contributed by atoms with Crippen LogP contribution in [0.2, 0.25) is 0 Å². The molecule has 0 atom stereocenters. The van der Waals surface area contributed by atoms with E-state index in [9.17, 15) is 27.6 Å². The molecule has 0 radical (unpaired) electrons. The van der Waals surface area contributed by atoms with E-state index in [2.05, 4.69) is 25.5 Å². The van der Waals surface area contributed by atoms with Crippen molar-refractivity contribution in [2.75, 3.05) is 17.7 Å². The van der Waals surface area contributed by atoms with Crippen molar-refractivity contribution in [2.45, 2.75) is 25.6 Å². The van der Waals surface area contributed by atoms with Gasteiger partial charge in [-0.15, -0.1) is 11.3 Å². The average Bonchev–Trinajstić information content (AvgIpc) is 3.50. The topological polar surface area (TPSA) is 115 Å². The Kier molecular flexibility index (Phi) is 4.66. The zero-order chi connectivity index (χ0) is 25.5. The lowest BCUT2D eigenvalue weighted by molar-refractivity contribution is -0.143. The minimum absolute atomic E-state index is 0.0329. The van der Waals surface area contributed by atoms with Gasteiger partial charge in [0.05, 0.1) is 38.8 Å². The normalized spacial score (nSPS) is 15.5. The number of hydrogen-bond donors (Lipinski definition) is 2. The number of thiophene rings is 1. The van der Waals surface area contributed by atoms with E-state index in [4.69, 9.17) is 4.11 Å². The standard InChI is InChI=1S/C19H16F3N5O4S/c1-31-18(30)10-5-23-14(26-16(28)9-2-3-9)4-11(10)25-12-7-32-13-6-24-27(8-19(20,21)22)17(29)15(12)13/h4-7,9H,2-3,8H2,1H3,(H2,23,25,26,28)/i1D3. The van der Waals surface area contributed by atoms with Gasteiger partial charge in [0.2, 0.25) is 5.91 Å². The zero-order valence-corrected chi connectivity index (χ0v) is 16.8. The van der Waals surface area contributed by atoms with Crippen molar-refractivity contribution in [3.63, 3.8) is 0 Å². The number of carbonyl (C=O) groups excluding carboxylic acids is 2. The Morgan fingerprint density at radius 2 is 2.12 bits per heavy atom. The van der Waals surface area contributed by atoms with Gasteiger partial charge in [-0.2, -0.15) is 18.3 Å². The summed E-state index contributed by atoms with van der Waals surface area (Å²) in [5.74, 6) is -1.68. The van der Waals surface area contributed by atoms with Gasteiger partial charge in [-0.05, 0) is 12.8 Å². The number of pyridine rings is 1. The van der Waals surface area contributed by atoms with E-state index in [-0.39, 0.29) is 49.3 Å². The highest BCUT2D eigenvalue weighted by atomic mass is 32.1. The SMILES string of the molecule is [2H]C([2H])([2H])OC(=O)c1cnc(NC(=O)C2CC2)cc1Nc1csc2cnn(CC(F)(F)F)c(=O)c12. The fraction of sp³-hybridized carbons (Fsp3) is 0.316. The van der Waals surface area contributed by atoms with E-state index in [1.165, 1.54) is 11.4 Å². The lowest BCUT2D eigenvalue weighted by atomic mass is 10.2. The first-order valence-electron chi connectivity index (χ1n) is 10.7. The third kappa shape index (κ3) is 4.56. The number of hydrogen-bond acceptors (Lipinski definition) is 8. The summed E-state index contributed by atoms with van der Waals surface area (Å²) in [7, 11) is -3.06. The summed E-state index contributed by atoms with van der Waals surface area (Å²) in [6.07, 6.45) is -1.15. The van der Waals surface area contributed by atoms with Crippen LogP contribution >= 0.6 is 11.3 Å². The number of nitrogens with one attached hydrogen (secondary N) is 2. The van der Waals surface area contributed by atoms with Crippen LogP contribution in [0.4, 0.5) is 30.4 Å². The highest BCUT2D eigenvalue weighted by Crippen LogP contribution is 2.33. The second-order valence-electron chi connectivity index (χ2n) is 7.00. The molecule has 4 rings (SSSR count). The maximum atomic E-state index is 12.8. The van der Waals surface area contributed by atoms with Crippen LogP contribution < -0.4 is 16.2 Å². The van der Waals surface area contributed by atoms with Gasteiger partial charge < -0.3 is 15.4 Å². The number of methoxy groups -OCH3 is 1. The summed E-state index contributed by atoms with van der Waals surface area (Å²) in [6.45, 7) is -1.60. The van der Waals surface area contributed by atoms with Crippen molar-refractivity contribution in [3.05, 3.63) is 39.8 Å². The van der Waals surface area contributed by atoms with E-state index in [1.54, 1.807) is 0 Å². The molecule has 1 aliphatic carbocycles. The molecule has 9 nitrogen and oxygen atoms in total. The molecule has 0 aromatic carbocycles. The van der Waals surface area contributed by atoms with Gasteiger partial charge in [0.1, 0.15) is 17.9 Å². The molecule has 0 spiro atoms. The van der Waals surface area contributed by atoms with Crippen LogP contribution in [0.25, 0.3) is 10.1 Å². The quantitative estimate of drug-likeness (QED) is 0.531. The van der Waals surface area contributed by atoms with Crippen molar-refractivity contribution in [1.82, 2.24) is 14.8 Å². The van der Waals surface area contributed by atoms with Crippen LogP contribution in [-0.4, -0.2) is 39.9 Å². The smallest absolute Gasteiger partial charge is 0.408 e. The molecular weight excluding hydrogens is 451 g/mol. The van der Waals surface area contributed by atoms with Crippen molar-refractivity contribution >= 4 is 50.5 Å². The number of halogens is 3. The fourth-order valence-corrected chi connectivity index (χ4v) is 3.77. The maximum Gasteiger partial charge on any atom is 0.408 e. The second kappa shape index (κ2) is 8.22. The predicted molar refractivity (Wildman–Crippen MR) is 110 cm³/mol. The molecule has 32 heavy (non-hydrogen) atoms. The molecule has 1 saturated carbocycles. The molecule has 3 aromatic heterocycles. The van der Waals surface area contributed by atoms with Crippen molar-refractivity contribution in [3.8, 4) is 0 Å². The van der Waals surface area contributed by atoms with E-state index < -0.39 is 31.3 Å². The minimum Gasteiger partial charge on any atom is -0.465 e. The number of amides is 1. The maximum absolute atomic E-state index is 12.8. The monoisotopic (exact) mass is 470 g/mol. The number of anilines is 3. The number of esters is 1. The number of carbonyl (C=O) groups is 2. The zero-order valence-electron chi connectivity index (χ0n) is 19.0. The van der Waals surface area contributed by atoms with Crippen molar-refractivity contribution < 1.29 is 31.6 Å². The Labute approximate surface area is 186 Å². The van der Waals surface area contributed by atoms with Crippen LogP contribution in [0.1, 0.15) is 27.3 Å². The lowest BCUT2D eigenvalue weighted by Crippen LogP contribution is -2.30. The average molecular weight is 470 g/mol. The Bertz CT molecular complexity index is 1370. The number of alkyl halides is 3. The summed E-state index contributed by atoms with van der Waals surface area (Å²) < 4.78 is 64.9. The van der Waals surface area contributed by atoms with Crippen LogP contribution in [0.3, 0.4) is 0 Å². The van der Waals surface area contributed by atoms with Gasteiger partial charge in [0, 0.05) is 23.6 Å². The largest absolute Gasteiger partial charge is 0.465 e. The molecule has 0 aliphatic heterocycles. The first kappa shape index (κ1) is 18.1. The Balaban J connectivity index is 1.74. The number of aromatic nitrogens is 3. The van der Waals surface area contributed by atoms with E-state index in [0.29, 0.717) is 0 Å². The molecule has 1 fully saturated rings. The molecule has 13 heteroatoms. The predicted octanol–water partition coefficient (Wildman–Crippen LogP) is 3.29. The van der Waals surface area contributed by atoms with Gasteiger partial charge in [-0.3, -0.25) is 9.59 Å². The molecule has 2 N–H and O–H groups in total. The van der Waals surface area contributed by atoms with Gasteiger partial charge >= 0.3 is 12.1 Å². The van der Waals surface area contributed by atoms with Crippen LogP contribution in [0, 0.1) is 5.92 Å². The molecule has 168 valence electrons. The lowest BCUT2D eigenvalue weighted by Gasteiger charge is -2.13. The van der Waals surface area contributed by atoms with Crippen molar-refractivity contribution in [2.24, 2.45) is 5.92 Å². The van der Waals surface area contributed by atoms with E-state index in [0.717, 1.165) is 36.6 Å². The van der Waals surface area contributed by atoms with E-state index >= 15 is 0 Å². The molecular formula is C19H16F3N5O4S. The van der Waals surface area contributed by atoms with Crippen LogP contribution in [0.15, 0.2) is 28.6 Å². The molecule has 0 saturated heterocycles. The van der Waals surface area contributed by atoms with Gasteiger partial charge in [-0.25, -0.2) is 14.5 Å². The van der Waals surface area contributed by atoms with Crippen LogP contribution in [0.5, 0.6) is 0 Å². The fourth-order valence-electron chi connectivity index (χ4n) is 2.93. The summed E-state index contributed by atoms with van der Waals surface area (Å²) in [5, 5.41) is 10.2. The number of fused-ring (bicyclic) bond motifs is 1. The minimum atomic E-state index is -4.68. The van der Waals surface area contributed by atoms with Gasteiger partial charge in [0.15, 0.2) is 0 Å². The van der Waals surface area contributed by atoms with Crippen molar-refractivity contribution in [1.29, 1.82) is 0 Å². The first-order chi connectivity index (χ1) is 16.3. The third-order valence-electron chi connectivity index (χ3n) is 4.60. The molecule has 3 aromatic rings. The van der Waals surface area contributed by atoms with Crippen LogP contribution in [-0.2, 0) is 16.1 Å². The highest BCUT2D eigenvalue weighted by molar-refractivity contribution is 7.17. The Morgan fingerprint density at radius 3 is 2.81 bits per heavy atom. The highest BCUT2D eigenvalue weighted by Gasteiger charge is 2.31. The van der Waals surface area contributed by atoms with Gasteiger partial charge in [-0.1, -0.05) is 0 Å². The molecule has 1 amide bonds. The summed E-state index contributed by atoms with van der Waals surface area (Å²) in [4.78, 5) is 41.2. The number of rotatable bonds is 6. The summed E-state index contributed by atoms with van der Waals surface area (Å²) >= 11 is 1.01. The molecule has 1 aliphatic rings. The molecule has 3 heterocycles. The Hall–Kier alpha value is -3.48. The second-order valence-corrected chi connectivity index (χ2v) is 7.92. The van der Waals surface area contributed by atoms with E-state index in [1.807, 2.05) is 0 Å². The first-order valence-corrected chi connectivity index (χ1v) is 10.0. The molecule has 0 bridgehead atoms. The third-order valence-corrected chi connectivity index (χ3v) is 5.51. The molecule has 0 unspecified atom stereocenters. The van der Waals surface area contributed by atoms with Gasteiger partial charge in [0.25, 0.3) is 5.56 Å². The Morgan fingerprint density at radius 1 is 1.34 bits per heavy atom. The summed E-state index contributed by atoms with van der Waals surface area (Å²) in [6, 6.07) is 1.23. The number of ether oxygens (including phenoxy) is 1. The summed E-state index contributed by atoms with van der Waals surface area (Å²) in [5.41, 5.74) is -1.40. The number of nitrogens with zero attached hydrogens (tertiary/aromatic N) is 3.